The van der Waals surface area contributed by atoms with Crippen LogP contribution in [0, 0.1) is 0 Å². The maximum atomic E-state index is 13.1. The first kappa shape index (κ1) is 24.7. The third kappa shape index (κ3) is 4.37. The lowest BCUT2D eigenvalue weighted by Crippen LogP contribution is -2.46. The van der Waals surface area contributed by atoms with Gasteiger partial charge in [0.15, 0.2) is 0 Å². The van der Waals surface area contributed by atoms with Gasteiger partial charge in [0.2, 0.25) is 11.8 Å². The van der Waals surface area contributed by atoms with E-state index in [1.54, 1.807) is 18.2 Å². The summed E-state index contributed by atoms with van der Waals surface area (Å²) in [6, 6.07) is 0.112. The molecule has 9 nitrogen and oxygen atoms in total. The van der Waals surface area contributed by atoms with E-state index >= 15 is 0 Å². The third-order valence-electron chi connectivity index (χ3n) is 8.07. The number of hydrogen-bond donors (Lipinski definition) is 1. The summed E-state index contributed by atoms with van der Waals surface area (Å²) in [7, 11) is 0. The molecule has 5 heterocycles. The van der Waals surface area contributed by atoms with Crippen molar-refractivity contribution in [3.8, 4) is 0 Å². The summed E-state index contributed by atoms with van der Waals surface area (Å²) in [5, 5.41) is 2.93. The second-order valence-corrected chi connectivity index (χ2v) is 11.7. The molecule has 3 amide bonds. The van der Waals surface area contributed by atoms with Gasteiger partial charge in [-0.3, -0.25) is 14.4 Å². The molecule has 0 spiro atoms. The van der Waals surface area contributed by atoms with Crippen LogP contribution in [-0.2, 0) is 19.1 Å². The summed E-state index contributed by atoms with van der Waals surface area (Å²) in [5.41, 5.74) is 1.72. The lowest BCUT2D eigenvalue weighted by Gasteiger charge is -2.34. The van der Waals surface area contributed by atoms with E-state index in [-0.39, 0.29) is 53.5 Å². The Labute approximate surface area is 213 Å². The van der Waals surface area contributed by atoms with Crippen molar-refractivity contribution in [2.45, 2.75) is 90.2 Å². The highest BCUT2D eigenvalue weighted by Gasteiger charge is 2.44. The van der Waals surface area contributed by atoms with Gasteiger partial charge in [0, 0.05) is 55.8 Å². The second-order valence-electron chi connectivity index (χ2n) is 11.7. The lowest BCUT2D eigenvalue weighted by atomic mass is 10.1. The average Bonchev–Trinajstić information content (AvgIpc) is 3.56. The zero-order valence-corrected chi connectivity index (χ0v) is 22.3. The molecule has 196 valence electrons. The minimum absolute atomic E-state index is 0.00853. The SMILES string of the molecule is C[C@@H]1NC(=O)C=C1N1CCC(N2C(=O)C=C(N3CC[C@H](N4C(=O)C=C(OC(C)(C)C)[C@@H]4C)C3)[C@@H]2C)C1. The van der Waals surface area contributed by atoms with Gasteiger partial charge in [0.1, 0.15) is 11.4 Å². The molecule has 5 rings (SSSR count). The first-order valence-electron chi connectivity index (χ1n) is 13.2. The van der Waals surface area contributed by atoms with E-state index in [4.69, 9.17) is 4.74 Å². The maximum Gasteiger partial charge on any atom is 0.250 e. The van der Waals surface area contributed by atoms with E-state index < -0.39 is 0 Å². The number of rotatable bonds is 5. The molecule has 0 bridgehead atoms. The molecule has 36 heavy (non-hydrogen) atoms. The van der Waals surface area contributed by atoms with Crippen LogP contribution in [0.4, 0.5) is 0 Å². The Morgan fingerprint density at radius 3 is 1.92 bits per heavy atom. The molecule has 2 fully saturated rings. The van der Waals surface area contributed by atoms with E-state index in [1.165, 1.54) is 0 Å². The molecular formula is C27H39N5O4. The largest absolute Gasteiger partial charge is 0.490 e. The summed E-state index contributed by atoms with van der Waals surface area (Å²) in [5.74, 6) is 0.755. The lowest BCUT2D eigenvalue weighted by molar-refractivity contribution is -0.128. The molecule has 0 saturated carbocycles. The van der Waals surface area contributed by atoms with Gasteiger partial charge >= 0.3 is 0 Å². The smallest absolute Gasteiger partial charge is 0.250 e. The number of carbonyl (C=O) groups excluding carboxylic acids is 3. The number of likely N-dealkylation sites (tertiary alicyclic amines) is 2. The van der Waals surface area contributed by atoms with Gasteiger partial charge < -0.3 is 29.7 Å². The fourth-order valence-corrected chi connectivity index (χ4v) is 6.48. The molecule has 0 aliphatic carbocycles. The summed E-state index contributed by atoms with van der Waals surface area (Å²) >= 11 is 0. The Morgan fingerprint density at radius 1 is 0.806 bits per heavy atom. The normalized spacial score (nSPS) is 33.0. The molecular weight excluding hydrogens is 458 g/mol. The Kier molecular flexibility index (Phi) is 6.08. The summed E-state index contributed by atoms with van der Waals surface area (Å²) in [6.45, 7) is 15.2. The van der Waals surface area contributed by atoms with Gasteiger partial charge in [-0.15, -0.1) is 0 Å². The van der Waals surface area contributed by atoms with Crippen molar-refractivity contribution in [3.63, 3.8) is 0 Å². The number of hydrogen-bond acceptors (Lipinski definition) is 6. The second kappa shape index (κ2) is 8.85. The molecule has 5 aliphatic rings. The van der Waals surface area contributed by atoms with Crippen molar-refractivity contribution < 1.29 is 19.1 Å². The van der Waals surface area contributed by atoms with Crippen LogP contribution in [0.5, 0.6) is 0 Å². The Balaban J connectivity index is 1.21. The van der Waals surface area contributed by atoms with E-state index in [9.17, 15) is 14.4 Å². The van der Waals surface area contributed by atoms with E-state index in [1.807, 2.05) is 44.4 Å². The Hall–Kier alpha value is -2.97. The van der Waals surface area contributed by atoms with Gasteiger partial charge in [0.05, 0.1) is 30.2 Å². The fraction of sp³-hybridized carbons (Fsp3) is 0.667. The van der Waals surface area contributed by atoms with Crippen molar-refractivity contribution in [1.82, 2.24) is 24.9 Å². The number of amides is 3. The van der Waals surface area contributed by atoms with Gasteiger partial charge in [-0.2, -0.15) is 0 Å². The van der Waals surface area contributed by atoms with Crippen molar-refractivity contribution >= 4 is 17.7 Å². The van der Waals surface area contributed by atoms with E-state index in [2.05, 4.69) is 22.0 Å². The predicted molar refractivity (Wildman–Crippen MR) is 135 cm³/mol. The molecule has 5 atom stereocenters. The first-order chi connectivity index (χ1) is 16.9. The molecule has 0 aromatic rings. The third-order valence-corrected chi connectivity index (χ3v) is 8.07. The van der Waals surface area contributed by atoms with Crippen molar-refractivity contribution in [2.75, 3.05) is 26.2 Å². The summed E-state index contributed by atoms with van der Waals surface area (Å²) < 4.78 is 6.05. The van der Waals surface area contributed by atoms with Crippen LogP contribution in [0.3, 0.4) is 0 Å². The molecule has 0 aromatic heterocycles. The predicted octanol–water partition coefficient (Wildman–Crippen LogP) is 1.58. The quantitative estimate of drug-likeness (QED) is 0.621. The van der Waals surface area contributed by atoms with Crippen LogP contribution >= 0.6 is 0 Å². The number of carbonyl (C=O) groups is 3. The number of nitrogens with one attached hydrogen (secondary N) is 1. The molecule has 0 radical (unpaired) electrons. The fourth-order valence-electron chi connectivity index (χ4n) is 6.48. The van der Waals surface area contributed by atoms with Crippen molar-refractivity contribution in [1.29, 1.82) is 0 Å². The van der Waals surface area contributed by atoms with Crippen molar-refractivity contribution in [3.05, 3.63) is 35.4 Å². The molecule has 1 N–H and O–H groups in total. The van der Waals surface area contributed by atoms with Crippen LogP contribution in [0.1, 0.15) is 54.4 Å². The van der Waals surface area contributed by atoms with E-state index in [0.717, 1.165) is 56.2 Å². The van der Waals surface area contributed by atoms with Gasteiger partial charge in [0.25, 0.3) is 5.91 Å². The molecule has 9 heteroatoms. The van der Waals surface area contributed by atoms with Gasteiger partial charge in [-0.25, -0.2) is 0 Å². The zero-order valence-electron chi connectivity index (χ0n) is 22.3. The highest BCUT2D eigenvalue weighted by atomic mass is 16.5. The Bertz CT molecular complexity index is 1060. The topological polar surface area (TPSA) is 85.4 Å². The summed E-state index contributed by atoms with van der Waals surface area (Å²) in [4.78, 5) is 46.2. The van der Waals surface area contributed by atoms with E-state index in [0.29, 0.717) is 0 Å². The number of nitrogens with zero attached hydrogens (tertiary/aromatic N) is 4. The summed E-state index contributed by atoms with van der Waals surface area (Å²) in [6.07, 6.45) is 6.87. The molecule has 0 aromatic carbocycles. The first-order valence-corrected chi connectivity index (χ1v) is 13.2. The standard InChI is InChI=1S/C27H39N5O4/c1-16-21(11-24(33)28-16)29-9-7-19(14-29)31-17(2)22(12-25(31)34)30-10-8-20(15-30)32-18(3)23(13-26(32)35)36-27(4,5)6/h11-13,16-20H,7-10,14-15H2,1-6H3,(H,28,33)/t16-,17-,18-,19?,20-/m0/s1. The highest BCUT2D eigenvalue weighted by molar-refractivity contribution is 5.93. The van der Waals surface area contributed by atoms with Crippen LogP contribution in [-0.4, -0.2) is 99.3 Å². The van der Waals surface area contributed by atoms with Crippen LogP contribution in [0.15, 0.2) is 35.4 Å². The van der Waals surface area contributed by atoms with Crippen LogP contribution in [0.2, 0.25) is 0 Å². The van der Waals surface area contributed by atoms with Crippen LogP contribution < -0.4 is 5.32 Å². The monoisotopic (exact) mass is 497 g/mol. The Morgan fingerprint density at radius 2 is 1.36 bits per heavy atom. The highest BCUT2D eigenvalue weighted by Crippen LogP contribution is 2.35. The minimum atomic E-state index is -0.347. The zero-order chi connectivity index (χ0) is 25.9. The average molecular weight is 498 g/mol. The van der Waals surface area contributed by atoms with Gasteiger partial charge in [-0.05, 0) is 54.4 Å². The molecule has 2 saturated heterocycles. The maximum absolute atomic E-state index is 13.1. The molecule has 5 aliphatic heterocycles. The van der Waals surface area contributed by atoms with Crippen molar-refractivity contribution in [2.24, 2.45) is 0 Å². The van der Waals surface area contributed by atoms with Gasteiger partial charge in [-0.1, -0.05) is 0 Å². The minimum Gasteiger partial charge on any atom is -0.490 e. The van der Waals surface area contributed by atoms with Crippen LogP contribution in [0.25, 0.3) is 0 Å². The molecule has 1 unspecified atom stereocenters. The number of ether oxygens (including phenoxy) is 1.